The second-order valence-electron chi connectivity index (χ2n) is 3.68. The van der Waals surface area contributed by atoms with E-state index in [0.29, 0.717) is 0 Å². The number of hydrogen-bond donors (Lipinski definition) is 1. The van der Waals surface area contributed by atoms with Gasteiger partial charge in [0.15, 0.2) is 0 Å². The van der Waals surface area contributed by atoms with Crippen molar-refractivity contribution in [3.05, 3.63) is 48.1 Å². The van der Waals surface area contributed by atoms with Crippen molar-refractivity contribution < 1.29 is 4.74 Å². The molecule has 1 N–H and O–H groups in total. The molecule has 0 radical (unpaired) electrons. The van der Waals surface area contributed by atoms with Gasteiger partial charge in [-0.3, -0.25) is 0 Å². The number of ether oxygens (including phenoxy) is 1. The van der Waals surface area contributed by atoms with Crippen molar-refractivity contribution in [2.24, 2.45) is 0 Å². The summed E-state index contributed by atoms with van der Waals surface area (Å²) in [5.74, 6) is 0.889. The third kappa shape index (κ3) is 4.32. The van der Waals surface area contributed by atoms with Crippen molar-refractivity contribution in [1.82, 2.24) is 5.32 Å². The zero-order chi connectivity index (χ0) is 11.8. The highest BCUT2D eigenvalue weighted by atomic mass is 16.5. The van der Waals surface area contributed by atoms with Crippen molar-refractivity contribution in [3.63, 3.8) is 0 Å². The lowest BCUT2D eigenvalue weighted by Gasteiger charge is -2.03. The Kier molecular flexibility index (Phi) is 5.37. The Morgan fingerprint density at radius 1 is 1.38 bits per heavy atom. The summed E-state index contributed by atoms with van der Waals surface area (Å²) in [6, 6.07) is 8.04. The molecule has 0 heterocycles. The molecule has 0 bridgehead atoms. The molecule has 0 saturated carbocycles. The number of nitrogens with one attached hydrogen (secondary N) is 1. The largest absolute Gasteiger partial charge is 0.497 e. The summed E-state index contributed by atoms with van der Waals surface area (Å²) in [7, 11) is 1.68. The molecular weight excluding hydrogens is 198 g/mol. The zero-order valence-electron chi connectivity index (χ0n) is 9.99. The standard InChI is InChI=1S/C14H19NO/c1-4-9-15-11-12(2)10-13-5-7-14(16-3)8-6-13/h4-8,10,15H,1,9,11H2,2-3H3/b12-10+. The average Bonchev–Trinajstić information content (AvgIpc) is 2.30. The van der Waals surface area contributed by atoms with E-state index >= 15 is 0 Å². The van der Waals surface area contributed by atoms with Gasteiger partial charge in [-0.1, -0.05) is 29.9 Å². The third-order valence-corrected chi connectivity index (χ3v) is 2.22. The van der Waals surface area contributed by atoms with E-state index in [0.717, 1.165) is 18.8 Å². The number of methoxy groups -OCH3 is 1. The van der Waals surface area contributed by atoms with Crippen molar-refractivity contribution in [1.29, 1.82) is 0 Å². The molecule has 2 heteroatoms. The molecule has 0 atom stereocenters. The Bertz CT molecular complexity index is 352. The lowest BCUT2D eigenvalue weighted by molar-refractivity contribution is 0.415. The molecule has 0 aliphatic rings. The maximum atomic E-state index is 5.11. The SMILES string of the molecule is C=CCNC/C(C)=C/c1ccc(OC)cc1. The van der Waals surface area contributed by atoms with Gasteiger partial charge in [-0.05, 0) is 24.6 Å². The first-order valence-electron chi connectivity index (χ1n) is 5.39. The van der Waals surface area contributed by atoms with Gasteiger partial charge in [-0.15, -0.1) is 6.58 Å². The van der Waals surface area contributed by atoms with Crippen LogP contribution in [0.1, 0.15) is 12.5 Å². The molecule has 0 spiro atoms. The number of benzene rings is 1. The van der Waals surface area contributed by atoms with Crippen molar-refractivity contribution in [2.75, 3.05) is 20.2 Å². The summed E-state index contributed by atoms with van der Waals surface area (Å²) < 4.78 is 5.11. The summed E-state index contributed by atoms with van der Waals surface area (Å²) in [4.78, 5) is 0. The van der Waals surface area contributed by atoms with Gasteiger partial charge in [0.05, 0.1) is 7.11 Å². The Morgan fingerprint density at radius 2 is 2.06 bits per heavy atom. The topological polar surface area (TPSA) is 21.3 Å². The monoisotopic (exact) mass is 217 g/mol. The summed E-state index contributed by atoms with van der Waals surface area (Å²) in [5, 5.41) is 3.27. The molecule has 86 valence electrons. The molecular formula is C14H19NO. The van der Waals surface area contributed by atoms with Crippen molar-refractivity contribution in [3.8, 4) is 5.75 Å². The van der Waals surface area contributed by atoms with Crippen LogP contribution in [0.2, 0.25) is 0 Å². The van der Waals surface area contributed by atoms with Gasteiger partial charge in [0.1, 0.15) is 5.75 Å². The molecule has 0 saturated heterocycles. The maximum absolute atomic E-state index is 5.11. The van der Waals surface area contributed by atoms with Crippen molar-refractivity contribution >= 4 is 6.08 Å². The van der Waals surface area contributed by atoms with Gasteiger partial charge >= 0.3 is 0 Å². The van der Waals surface area contributed by atoms with Gasteiger partial charge in [-0.25, -0.2) is 0 Å². The second-order valence-corrected chi connectivity index (χ2v) is 3.68. The zero-order valence-corrected chi connectivity index (χ0v) is 9.99. The van der Waals surface area contributed by atoms with Crippen LogP contribution in [0.3, 0.4) is 0 Å². The van der Waals surface area contributed by atoms with Crippen LogP contribution >= 0.6 is 0 Å². The summed E-state index contributed by atoms with van der Waals surface area (Å²) in [6.45, 7) is 7.50. The normalized spacial score (nSPS) is 11.2. The smallest absolute Gasteiger partial charge is 0.118 e. The molecule has 0 aromatic heterocycles. The van der Waals surface area contributed by atoms with Gasteiger partial charge in [-0.2, -0.15) is 0 Å². The molecule has 0 unspecified atom stereocenters. The van der Waals surface area contributed by atoms with Crippen LogP contribution in [-0.2, 0) is 0 Å². The third-order valence-electron chi connectivity index (χ3n) is 2.22. The highest BCUT2D eigenvalue weighted by molar-refractivity contribution is 5.53. The minimum Gasteiger partial charge on any atom is -0.497 e. The molecule has 0 fully saturated rings. The highest BCUT2D eigenvalue weighted by Crippen LogP contribution is 2.13. The predicted molar refractivity (Wildman–Crippen MR) is 69.7 cm³/mol. The van der Waals surface area contributed by atoms with Crippen LogP contribution in [0, 0.1) is 0 Å². The number of rotatable bonds is 6. The van der Waals surface area contributed by atoms with Crippen LogP contribution in [0.4, 0.5) is 0 Å². The van der Waals surface area contributed by atoms with Gasteiger partial charge < -0.3 is 10.1 Å². The van der Waals surface area contributed by atoms with Crippen LogP contribution in [0.15, 0.2) is 42.5 Å². The van der Waals surface area contributed by atoms with Crippen molar-refractivity contribution in [2.45, 2.75) is 6.92 Å². The number of hydrogen-bond acceptors (Lipinski definition) is 2. The summed E-state index contributed by atoms with van der Waals surface area (Å²) >= 11 is 0. The fourth-order valence-electron chi connectivity index (χ4n) is 1.41. The second kappa shape index (κ2) is 6.85. The molecule has 0 aliphatic heterocycles. The Labute approximate surface area is 97.6 Å². The van der Waals surface area contributed by atoms with Crippen LogP contribution in [-0.4, -0.2) is 20.2 Å². The maximum Gasteiger partial charge on any atom is 0.118 e. The van der Waals surface area contributed by atoms with E-state index in [1.807, 2.05) is 18.2 Å². The quantitative estimate of drug-likeness (QED) is 0.584. The van der Waals surface area contributed by atoms with Gasteiger partial charge in [0.25, 0.3) is 0 Å². The molecule has 0 amide bonds. The van der Waals surface area contributed by atoms with E-state index < -0.39 is 0 Å². The minimum atomic E-state index is 0.841. The Hall–Kier alpha value is -1.54. The lowest BCUT2D eigenvalue weighted by atomic mass is 10.1. The fraction of sp³-hybridized carbons (Fsp3) is 0.286. The van der Waals surface area contributed by atoms with Gasteiger partial charge in [0, 0.05) is 13.1 Å². The van der Waals surface area contributed by atoms with Crippen LogP contribution < -0.4 is 10.1 Å². The summed E-state index contributed by atoms with van der Waals surface area (Å²) in [6.07, 6.45) is 4.02. The van der Waals surface area contributed by atoms with E-state index in [2.05, 4.69) is 37.0 Å². The first kappa shape index (κ1) is 12.5. The Balaban J connectivity index is 2.55. The average molecular weight is 217 g/mol. The van der Waals surface area contributed by atoms with Crippen LogP contribution in [0.25, 0.3) is 6.08 Å². The van der Waals surface area contributed by atoms with E-state index in [4.69, 9.17) is 4.74 Å². The van der Waals surface area contributed by atoms with E-state index in [1.54, 1.807) is 7.11 Å². The molecule has 16 heavy (non-hydrogen) atoms. The fourth-order valence-corrected chi connectivity index (χ4v) is 1.41. The summed E-state index contributed by atoms with van der Waals surface area (Å²) in [5.41, 5.74) is 2.49. The minimum absolute atomic E-state index is 0.841. The highest BCUT2D eigenvalue weighted by Gasteiger charge is 1.93. The van der Waals surface area contributed by atoms with Gasteiger partial charge in [0.2, 0.25) is 0 Å². The predicted octanol–water partition coefficient (Wildman–Crippen LogP) is 2.87. The van der Waals surface area contributed by atoms with E-state index in [1.165, 1.54) is 11.1 Å². The van der Waals surface area contributed by atoms with Crippen LogP contribution in [0.5, 0.6) is 5.75 Å². The Morgan fingerprint density at radius 3 is 2.62 bits per heavy atom. The molecule has 1 aromatic carbocycles. The van der Waals surface area contributed by atoms with E-state index in [-0.39, 0.29) is 0 Å². The molecule has 2 nitrogen and oxygen atoms in total. The first-order chi connectivity index (χ1) is 7.76. The van der Waals surface area contributed by atoms with E-state index in [9.17, 15) is 0 Å². The molecule has 0 aliphatic carbocycles. The molecule has 1 aromatic rings. The first-order valence-corrected chi connectivity index (χ1v) is 5.39. The lowest BCUT2D eigenvalue weighted by Crippen LogP contribution is -2.15. The molecule has 1 rings (SSSR count).